The monoisotopic (exact) mass is 579 g/mol. The van der Waals surface area contributed by atoms with Crippen LogP contribution in [0.25, 0.3) is 21.7 Å². The van der Waals surface area contributed by atoms with Crippen LogP contribution in [0.2, 0.25) is 0 Å². The Morgan fingerprint density at radius 2 is 1.60 bits per heavy atom. The first kappa shape index (κ1) is 29.1. The van der Waals surface area contributed by atoms with Gasteiger partial charge in [-0.25, -0.2) is 9.78 Å². The number of carbonyl (C=O) groups excluding carboxylic acids is 2. The molecular formula is C31H32F3N5O3. The molecule has 1 heterocycles. The molecule has 42 heavy (non-hydrogen) atoms. The number of amides is 1. The van der Waals surface area contributed by atoms with Crippen LogP contribution in [0, 0.1) is 0 Å². The number of esters is 1. The van der Waals surface area contributed by atoms with Crippen LogP contribution in [-0.2, 0) is 14.3 Å². The predicted molar refractivity (Wildman–Crippen MR) is 155 cm³/mol. The van der Waals surface area contributed by atoms with Gasteiger partial charge in [-0.2, -0.15) is 18.2 Å². The van der Waals surface area contributed by atoms with E-state index in [0.29, 0.717) is 11.8 Å². The van der Waals surface area contributed by atoms with E-state index in [1.165, 1.54) is 0 Å². The first-order chi connectivity index (χ1) is 20.0. The number of hydrogen-bond donors (Lipinski definition) is 2. The smallest absolute Gasteiger partial charge is 0.442 e. The lowest BCUT2D eigenvalue weighted by atomic mass is 9.81. The molecule has 0 bridgehead atoms. The maximum absolute atomic E-state index is 13.6. The summed E-state index contributed by atoms with van der Waals surface area (Å²) in [6, 6.07) is 20.1. The van der Waals surface area contributed by atoms with Gasteiger partial charge >= 0.3 is 12.1 Å². The van der Waals surface area contributed by atoms with Crippen molar-refractivity contribution in [3.63, 3.8) is 0 Å². The van der Waals surface area contributed by atoms with Crippen LogP contribution < -0.4 is 15.5 Å². The number of rotatable bonds is 7. The minimum atomic E-state index is -5.23. The van der Waals surface area contributed by atoms with Gasteiger partial charge in [0, 0.05) is 25.5 Å². The quantitative estimate of drug-likeness (QED) is 0.262. The Hall–Kier alpha value is -4.41. The van der Waals surface area contributed by atoms with E-state index in [4.69, 9.17) is 4.74 Å². The molecule has 1 amide bonds. The molecule has 1 saturated carbocycles. The van der Waals surface area contributed by atoms with E-state index in [2.05, 4.69) is 20.6 Å². The van der Waals surface area contributed by atoms with Gasteiger partial charge in [-0.3, -0.25) is 4.79 Å². The molecule has 11 heteroatoms. The zero-order valence-electron chi connectivity index (χ0n) is 23.5. The Bertz CT molecular complexity index is 1610. The molecule has 1 fully saturated rings. The molecular weight excluding hydrogens is 547 g/mol. The van der Waals surface area contributed by atoms with Crippen LogP contribution in [0.4, 0.5) is 24.9 Å². The summed E-state index contributed by atoms with van der Waals surface area (Å²) in [6.45, 7) is 1.76. The van der Waals surface area contributed by atoms with Crippen LogP contribution >= 0.6 is 0 Å². The molecule has 0 radical (unpaired) electrons. The average molecular weight is 580 g/mol. The minimum Gasteiger partial charge on any atom is -0.442 e. The Balaban J connectivity index is 1.36. The van der Waals surface area contributed by atoms with Crippen molar-refractivity contribution in [2.24, 2.45) is 0 Å². The number of carbonyl (C=O) groups is 2. The molecule has 220 valence electrons. The molecule has 1 atom stereocenters. The first-order valence-corrected chi connectivity index (χ1v) is 13.8. The highest BCUT2D eigenvalue weighted by Crippen LogP contribution is 2.37. The Morgan fingerprint density at radius 3 is 2.29 bits per heavy atom. The van der Waals surface area contributed by atoms with Gasteiger partial charge < -0.3 is 20.3 Å². The maximum Gasteiger partial charge on any atom is 0.490 e. The minimum absolute atomic E-state index is 0.102. The fraction of sp³-hybridized carbons (Fsp3) is 0.355. The average Bonchev–Trinajstić information content (AvgIpc) is 2.96. The van der Waals surface area contributed by atoms with Crippen molar-refractivity contribution in [3.8, 4) is 0 Å². The summed E-state index contributed by atoms with van der Waals surface area (Å²) in [6.07, 6.45) is -4.92. The van der Waals surface area contributed by atoms with Gasteiger partial charge in [-0.05, 0) is 61.1 Å². The Labute approximate surface area is 241 Å². The summed E-state index contributed by atoms with van der Waals surface area (Å²) in [7, 11) is 3.75. The highest BCUT2D eigenvalue weighted by Gasteiger charge is 2.51. The van der Waals surface area contributed by atoms with Crippen molar-refractivity contribution < 1.29 is 27.5 Å². The van der Waals surface area contributed by atoms with Crippen LogP contribution in [0.1, 0.15) is 44.2 Å². The Morgan fingerprint density at radius 1 is 0.952 bits per heavy atom. The number of halogens is 3. The lowest BCUT2D eigenvalue weighted by molar-refractivity contribution is -0.217. The SMILES string of the molecule is CC(NC(=O)C1(OC(=O)C(F)(F)F)CCC(Nc2nc(N(C)C)c3ccccc3n2)CC1)c1cccc2ccccc12. The zero-order chi connectivity index (χ0) is 30.1. The second-order valence-electron chi connectivity index (χ2n) is 10.8. The largest absolute Gasteiger partial charge is 0.490 e. The molecule has 1 aliphatic rings. The van der Waals surface area contributed by atoms with Gasteiger partial charge in [0.05, 0.1) is 11.6 Å². The number of aromatic nitrogens is 2. The van der Waals surface area contributed by atoms with Crippen LogP contribution in [0.15, 0.2) is 66.7 Å². The molecule has 4 aromatic rings. The van der Waals surface area contributed by atoms with E-state index in [0.717, 1.165) is 27.2 Å². The molecule has 1 unspecified atom stereocenters. The lowest BCUT2D eigenvalue weighted by Crippen LogP contribution is -2.55. The summed E-state index contributed by atoms with van der Waals surface area (Å²) >= 11 is 0. The topological polar surface area (TPSA) is 96.4 Å². The van der Waals surface area contributed by atoms with Gasteiger partial charge in [0.1, 0.15) is 5.82 Å². The molecule has 1 aromatic heterocycles. The third kappa shape index (κ3) is 5.95. The highest BCUT2D eigenvalue weighted by molar-refractivity contribution is 5.91. The third-order valence-electron chi connectivity index (χ3n) is 7.70. The van der Waals surface area contributed by atoms with Crippen molar-refractivity contribution in [3.05, 3.63) is 72.3 Å². The second kappa shape index (κ2) is 11.5. The normalized spacial score (nSPS) is 19.7. The van der Waals surface area contributed by atoms with Crippen molar-refractivity contribution in [1.29, 1.82) is 0 Å². The standard InChI is InChI=1S/C31H32F3N5O3/c1-19(22-13-8-10-20-9-4-5-11-23(20)22)35-27(40)30(42-28(41)31(32,33)34)17-15-21(16-18-30)36-29-37-25-14-7-6-12-24(25)26(38-29)39(2)3/h4-14,19,21H,15-18H2,1-3H3,(H,35,40)(H,36,37,38). The van der Waals surface area contributed by atoms with Gasteiger partial charge in [-0.15, -0.1) is 0 Å². The summed E-state index contributed by atoms with van der Waals surface area (Å²) in [5.41, 5.74) is -0.424. The number of benzene rings is 3. The molecule has 1 aliphatic carbocycles. The zero-order valence-corrected chi connectivity index (χ0v) is 23.5. The van der Waals surface area contributed by atoms with Crippen molar-refractivity contribution in [2.75, 3.05) is 24.3 Å². The summed E-state index contributed by atoms with van der Waals surface area (Å²) in [4.78, 5) is 36.7. The summed E-state index contributed by atoms with van der Waals surface area (Å²) < 4.78 is 44.9. The van der Waals surface area contributed by atoms with Gasteiger partial charge in [0.2, 0.25) is 5.95 Å². The predicted octanol–water partition coefficient (Wildman–Crippen LogP) is 5.93. The fourth-order valence-corrected chi connectivity index (χ4v) is 5.52. The highest BCUT2D eigenvalue weighted by atomic mass is 19.4. The van der Waals surface area contributed by atoms with Crippen LogP contribution in [0.5, 0.6) is 0 Å². The van der Waals surface area contributed by atoms with E-state index in [-0.39, 0.29) is 31.7 Å². The van der Waals surface area contributed by atoms with Crippen molar-refractivity contribution >= 4 is 45.3 Å². The summed E-state index contributed by atoms with van der Waals surface area (Å²) in [5.74, 6) is -2.04. The number of ether oxygens (including phenoxy) is 1. The van der Waals surface area contributed by atoms with E-state index < -0.39 is 29.7 Å². The number of nitrogens with one attached hydrogen (secondary N) is 2. The van der Waals surface area contributed by atoms with Gasteiger partial charge in [-0.1, -0.05) is 54.6 Å². The summed E-state index contributed by atoms with van der Waals surface area (Å²) in [5, 5.41) is 8.86. The Kier molecular flexibility index (Phi) is 7.94. The van der Waals surface area contributed by atoms with E-state index in [1.54, 1.807) is 6.92 Å². The molecule has 3 aromatic carbocycles. The second-order valence-corrected chi connectivity index (χ2v) is 10.8. The van der Waals surface area contributed by atoms with Crippen LogP contribution in [-0.4, -0.2) is 53.8 Å². The number of nitrogens with zero attached hydrogens (tertiary/aromatic N) is 3. The maximum atomic E-state index is 13.6. The molecule has 0 aliphatic heterocycles. The fourth-order valence-electron chi connectivity index (χ4n) is 5.52. The van der Waals surface area contributed by atoms with Crippen molar-refractivity contribution in [2.45, 2.75) is 56.5 Å². The molecule has 2 N–H and O–H groups in total. The number of para-hydroxylation sites is 1. The van der Waals surface area contributed by atoms with Gasteiger partial charge in [0.25, 0.3) is 5.91 Å². The van der Waals surface area contributed by atoms with Crippen LogP contribution in [0.3, 0.4) is 0 Å². The molecule has 0 spiro atoms. The van der Waals surface area contributed by atoms with E-state index in [9.17, 15) is 22.8 Å². The molecule has 0 saturated heterocycles. The number of hydrogen-bond acceptors (Lipinski definition) is 7. The van der Waals surface area contributed by atoms with Gasteiger partial charge in [0.15, 0.2) is 5.60 Å². The number of alkyl halides is 3. The van der Waals surface area contributed by atoms with E-state index in [1.807, 2.05) is 85.7 Å². The molecule has 5 rings (SSSR count). The molecule has 8 nitrogen and oxygen atoms in total. The van der Waals surface area contributed by atoms with E-state index >= 15 is 0 Å². The first-order valence-electron chi connectivity index (χ1n) is 13.8. The number of fused-ring (bicyclic) bond motifs is 2. The van der Waals surface area contributed by atoms with Crippen molar-refractivity contribution in [1.82, 2.24) is 15.3 Å². The third-order valence-corrected chi connectivity index (χ3v) is 7.70. The number of anilines is 2. The lowest BCUT2D eigenvalue weighted by Gasteiger charge is -2.39.